The molecule has 1 saturated heterocycles. The first-order chi connectivity index (χ1) is 18.4. The van der Waals surface area contributed by atoms with E-state index in [1.54, 1.807) is 34.2 Å². The van der Waals surface area contributed by atoms with Gasteiger partial charge >= 0.3 is 5.97 Å². The number of esters is 1. The Morgan fingerprint density at radius 3 is 2.76 bits per heavy atom. The average molecular weight is 557 g/mol. The number of thiazole rings is 1. The number of nitrogens with zero attached hydrogens (tertiary/aromatic N) is 4. The van der Waals surface area contributed by atoms with Gasteiger partial charge in [0.2, 0.25) is 0 Å². The molecule has 1 unspecified atom stereocenters. The number of rotatable bonds is 10. The van der Waals surface area contributed by atoms with Gasteiger partial charge in [0.15, 0.2) is 0 Å². The lowest BCUT2D eigenvalue weighted by Crippen LogP contribution is -2.43. The predicted molar refractivity (Wildman–Crippen MR) is 147 cm³/mol. The van der Waals surface area contributed by atoms with Gasteiger partial charge < -0.3 is 19.1 Å². The van der Waals surface area contributed by atoms with Crippen LogP contribution in [0.15, 0.2) is 48.0 Å². The summed E-state index contributed by atoms with van der Waals surface area (Å²) in [5.74, 6) is -0.786. The van der Waals surface area contributed by atoms with Crippen molar-refractivity contribution in [2.45, 2.75) is 46.2 Å². The Labute approximate surface area is 232 Å². The van der Waals surface area contributed by atoms with Crippen LogP contribution < -0.4 is 0 Å². The number of likely N-dealkylation sites (tertiary alicyclic amines) is 1. The maximum Gasteiger partial charge on any atom is 0.310 e. The zero-order valence-corrected chi connectivity index (χ0v) is 23.3. The molecule has 3 aromatic rings. The third kappa shape index (κ3) is 6.63. The zero-order valence-electron chi connectivity index (χ0n) is 21.8. The van der Waals surface area contributed by atoms with E-state index >= 15 is 0 Å². The number of carbonyl (C=O) groups excluding carboxylic acids is 3. The lowest BCUT2D eigenvalue weighted by atomic mass is 9.98. The van der Waals surface area contributed by atoms with E-state index in [0.29, 0.717) is 55.6 Å². The summed E-state index contributed by atoms with van der Waals surface area (Å²) < 4.78 is 7.20. The molecule has 38 heavy (non-hydrogen) atoms. The molecule has 4 rings (SSSR count). The van der Waals surface area contributed by atoms with Gasteiger partial charge in [-0.25, -0.2) is 4.98 Å². The number of hydrogen-bond donors (Lipinski definition) is 0. The summed E-state index contributed by atoms with van der Waals surface area (Å²) in [4.78, 5) is 46.6. The number of hydrogen-bond acceptors (Lipinski definition) is 6. The van der Waals surface area contributed by atoms with Crippen LogP contribution >= 0.6 is 22.9 Å². The summed E-state index contributed by atoms with van der Waals surface area (Å²) in [5.41, 5.74) is 1.85. The van der Waals surface area contributed by atoms with Crippen molar-refractivity contribution in [3.8, 4) is 0 Å². The normalized spacial score (nSPS) is 15.3. The van der Waals surface area contributed by atoms with Crippen LogP contribution in [0.2, 0.25) is 5.02 Å². The smallest absolute Gasteiger partial charge is 0.310 e. The molecule has 2 amide bonds. The Morgan fingerprint density at radius 1 is 1.18 bits per heavy atom. The van der Waals surface area contributed by atoms with Crippen LogP contribution in [0.4, 0.5) is 0 Å². The Morgan fingerprint density at radius 2 is 2.00 bits per heavy atom. The third-order valence-electron chi connectivity index (χ3n) is 6.57. The third-order valence-corrected chi connectivity index (χ3v) is 7.73. The van der Waals surface area contributed by atoms with Crippen molar-refractivity contribution >= 4 is 40.7 Å². The van der Waals surface area contributed by atoms with Gasteiger partial charge in [-0.1, -0.05) is 30.7 Å². The van der Waals surface area contributed by atoms with E-state index in [1.807, 2.05) is 42.0 Å². The number of ether oxygens (including phenoxy) is 1. The van der Waals surface area contributed by atoms with Gasteiger partial charge in [-0.15, -0.1) is 11.3 Å². The molecular weight excluding hydrogens is 524 g/mol. The molecule has 1 aliphatic rings. The van der Waals surface area contributed by atoms with Crippen LogP contribution in [0.1, 0.15) is 64.7 Å². The van der Waals surface area contributed by atoms with E-state index < -0.39 is 0 Å². The summed E-state index contributed by atoms with van der Waals surface area (Å²) in [7, 11) is 0. The summed E-state index contributed by atoms with van der Waals surface area (Å²) in [5, 5.41) is 3.01. The van der Waals surface area contributed by atoms with Crippen LogP contribution in [-0.4, -0.2) is 63.4 Å². The van der Waals surface area contributed by atoms with Gasteiger partial charge in [0.1, 0.15) is 10.7 Å². The summed E-state index contributed by atoms with van der Waals surface area (Å²) >= 11 is 7.72. The van der Waals surface area contributed by atoms with Gasteiger partial charge in [-0.3, -0.25) is 14.4 Å². The van der Waals surface area contributed by atoms with Crippen LogP contribution in [-0.2, 0) is 22.6 Å². The molecule has 0 aliphatic carbocycles. The standard InChI is InChI=1S/C28H33ClN4O4S/c1-3-13-32(26(34)22-11-5-6-12-23(22)29)17-21-10-8-14-31(21)18-25-30-24(19-38-25)27(35)33-15-7-9-20(16-33)28(36)37-4-2/h5-6,8,10-12,14,19-20H,3-4,7,9,13,15-18H2,1-2H3. The molecule has 10 heteroatoms. The van der Waals surface area contributed by atoms with Crippen LogP contribution in [0.3, 0.4) is 0 Å². The second kappa shape index (κ2) is 13.1. The fraction of sp³-hybridized carbons (Fsp3) is 0.429. The highest BCUT2D eigenvalue weighted by Gasteiger charge is 2.30. The van der Waals surface area contributed by atoms with E-state index in [4.69, 9.17) is 16.3 Å². The number of carbonyl (C=O) groups is 3. The summed E-state index contributed by atoms with van der Waals surface area (Å²) in [6.45, 7) is 6.66. The van der Waals surface area contributed by atoms with Crippen LogP contribution in [0.5, 0.6) is 0 Å². The van der Waals surface area contributed by atoms with Crippen molar-refractivity contribution in [1.82, 2.24) is 19.4 Å². The van der Waals surface area contributed by atoms with Gasteiger partial charge in [-0.05, 0) is 50.5 Å². The van der Waals surface area contributed by atoms with Crippen molar-refractivity contribution in [3.63, 3.8) is 0 Å². The van der Waals surface area contributed by atoms with Crippen LogP contribution in [0.25, 0.3) is 0 Å². The molecule has 1 atom stereocenters. The number of piperidine rings is 1. The highest BCUT2D eigenvalue weighted by atomic mass is 35.5. The summed E-state index contributed by atoms with van der Waals surface area (Å²) in [6, 6.07) is 11.0. The Kier molecular flexibility index (Phi) is 9.58. The fourth-order valence-electron chi connectivity index (χ4n) is 4.67. The number of aromatic nitrogens is 2. The minimum atomic E-state index is -0.285. The molecule has 202 valence electrons. The van der Waals surface area contributed by atoms with Crippen LogP contribution in [0, 0.1) is 5.92 Å². The van der Waals surface area contributed by atoms with Crippen molar-refractivity contribution in [2.24, 2.45) is 5.92 Å². The molecule has 2 aromatic heterocycles. The fourth-order valence-corrected chi connectivity index (χ4v) is 5.66. The molecule has 0 radical (unpaired) electrons. The van der Waals surface area contributed by atoms with Crippen molar-refractivity contribution in [1.29, 1.82) is 0 Å². The Bertz CT molecular complexity index is 1270. The maximum atomic E-state index is 13.2. The molecule has 1 fully saturated rings. The first kappa shape index (κ1) is 27.9. The quantitative estimate of drug-likeness (QED) is 0.324. The highest BCUT2D eigenvalue weighted by molar-refractivity contribution is 7.09. The van der Waals surface area contributed by atoms with Gasteiger partial charge in [-0.2, -0.15) is 0 Å². The molecule has 0 saturated carbocycles. The summed E-state index contributed by atoms with van der Waals surface area (Å²) in [6.07, 6.45) is 4.27. The molecule has 8 nitrogen and oxygen atoms in total. The van der Waals surface area contributed by atoms with Gasteiger partial charge in [0.05, 0.1) is 36.2 Å². The average Bonchev–Trinajstić information content (AvgIpc) is 3.58. The van der Waals surface area contributed by atoms with E-state index in [1.165, 1.54) is 11.3 Å². The first-order valence-corrected chi connectivity index (χ1v) is 14.2. The van der Waals surface area contributed by atoms with E-state index in [9.17, 15) is 14.4 Å². The Balaban J connectivity index is 1.43. The Hall–Kier alpha value is -3.17. The van der Waals surface area contributed by atoms with Gasteiger partial charge in [0, 0.05) is 36.9 Å². The molecule has 0 N–H and O–H groups in total. The largest absolute Gasteiger partial charge is 0.466 e. The van der Waals surface area contributed by atoms with E-state index in [2.05, 4.69) is 4.98 Å². The van der Waals surface area contributed by atoms with Crippen molar-refractivity contribution < 1.29 is 19.1 Å². The topological polar surface area (TPSA) is 84.7 Å². The molecule has 0 spiro atoms. The number of amides is 2. The van der Waals surface area contributed by atoms with E-state index in [-0.39, 0.29) is 23.7 Å². The van der Waals surface area contributed by atoms with E-state index in [0.717, 1.165) is 30.0 Å². The SMILES string of the molecule is CCCN(Cc1cccn1Cc1nc(C(=O)N2CCCC(C(=O)OCC)C2)cs1)C(=O)c1ccccc1Cl. The molecule has 1 aliphatic heterocycles. The first-order valence-electron chi connectivity index (χ1n) is 13.0. The highest BCUT2D eigenvalue weighted by Crippen LogP contribution is 2.23. The molecule has 0 bridgehead atoms. The lowest BCUT2D eigenvalue weighted by Gasteiger charge is -2.31. The second-order valence-corrected chi connectivity index (χ2v) is 10.7. The van der Waals surface area contributed by atoms with Gasteiger partial charge in [0.25, 0.3) is 11.8 Å². The van der Waals surface area contributed by atoms with Crippen molar-refractivity contribution in [2.75, 3.05) is 26.2 Å². The molecule has 3 heterocycles. The monoisotopic (exact) mass is 556 g/mol. The minimum absolute atomic E-state index is 0.102. The second-order valence-electron chi connectivity index (χ2n) is 9.30. The molecular formula is C28H33ClN4O4S. The molecule has 1 aromatic carbocycles. The maximum absolute atomic E-state index is 13.2. The number of benzene rings is 1. The number of halogens is 1. The minimum Gasteiger partial charge on any atom is -0.466 e. The van der Waals surface area contributed by atoms with Crippen molar-refractivity contribution in [3.05, 3.63) is 75.0 Å². The predicted octanol–water partition coefficient (Wildman–Crippen LogP) is 5.11. The zero-order chi connectivity index (χ0) is 27.1. The lowest BCUT2D eigenvalue weighted by molar-refractivity contribution is -0.149.